The lowest BCUT2D eigenvalue weighted by Crippen LogP contribution is -2.13. The van der Waals surface area contributed by atoms with E-state index in [-0.39, 0.29) is 5.91 Å². The summed E-state index contributed by atoms with van der Waals surface area (Å²) in [7, 11) is 0. The van der Waals surface area contributed by atoms with Gasteiger partial charge in [0, 0.05) is 33.7 Å². The van der Waals surface area contributed by atoms with Crippen LogP contribution in [0.15, 0.2) is 60.8 Å². The van der Waals surface area contributed by atoms with Gasteiger partial charge in [-0.05, 0) is 25.1 Å². The highest BCUT2D eigenvalue weighted by Crippen LogP contribution is 2.32. The number of hydrogen-bond donors (Lipinski definition) is 2. The molecule has 1 aromatic heterocycles. The second kappa shape index (κ2) is 6.08. The number of halogens is 1. The molecule has 3 rings (SSSR count). The molecule has 0 aliphatic carbocycles. The van der Waals surface area contributed by atoms with Crippen molar-refractivity contribution in [3.8, 4) is 11.1 Å². The molecule has 0 aliphatic heterocycles. The number of aryl methyl sites for hydroxylation is 1. The first kappa shape index (κ1) is 14.4. The maximum Gasteiger partial charge on any atom is 0.258 e. The summed E-state index contributed by atoms with van der Waals surface area (Å²) >= 11 is 6.26. The average Bonchev–Trinajstić information content (AvgIpc) is 2.90. The van der Waals surface area contributed by atoms with Gasteiger partial charge in [-0.2, -0.15) is 0 Å². The number of benzene rings is 2. The Hall–Kier alpha value is -2.52. The minimum absolute atomic E-state index is 0.153. The van der Waals surface area contributed by atoms with Crippen molar-refractivity contribution in [3.63, 3.8) is 0 Å². The summed E-state index contributed by atoms with van der Waals surface area (Å²) < 4.78 is 0. The smallest absolute Gasteiger partial charge is 0.258 e. The fraction of sp³-hybridized carbons (Fsp3) is 0.0556. The van der Waals surface area contributed by atoms with Crippen molar-refractivity contribution in [2.45, 2.75) is 6.92 Å². The lowest BCUT2D eigenvalue weighted by molar-refractivity contribution is 0.102. The van der Waals surface area contributed by atoms with E-state index in [2.05, 4.69) is 10.3 Å². The topological polar surface area (TPSA) is 44.9 Å². The van der Waals surface area contributed by atoms with Gasteiger partial charge in [0.15, 0.2) is 0 Å². The van der Waals surface area contributed by atoms with E-state index in [4.69, 9.17) is 11.6 Å². The van der Waals surface area contributed by atoms with E-state index in [1.54, 1.807) is 0 Å². The van der Waals surface area contributed by atoms with Crippen LogP contribution >= 0.6 is 11.6 Å². The Morgan fingerprint density at radius 1 is 1.00 bits per heavy atom. The van der Waals surface area contributed by atoms with Gasteiger partial charge in [-0.3, -0.25) is 4.79 Å². The van der Waals surface area contributed by atoms with Crippen molar-refractivity contribution < 1.29 is 4.79 Å². The monoisotopic (exact) mass is 310 g/mol. The number of rotatable bonds is 3. The van der Waals surface area contributed by atoms with Crippen molar-refractivity contribution in [2.75, 3.05) is 5.32 Å². The molecule has 2 N–H and O–H groups in total. The highest BCUT2D eigenvalue weighted by atomic mass is 35.5. The highest BCUT2D eigenvalue weighted by molar-refractivity contribution is 6.33. The number of anilines is 1. The minimum Gasteiger partial charge on any atom is -0.364 e. The summed E-state index contributed by atoms with van der Waals surface area (Å²) in [5, 5.41) is 3.53. The molecule has 0 saturated heterocycles. The Kier molecular flexibility index (Phi) is 3.98. The van der Waals surface area contributed by atoms with E-state index in [0.29, 0.717) is 10.6 Å². The zero-order valence-corrected chi connectivity index (χ0v) is 12.8. The second-order valence-corrected chi connectivity index (χ2v) is 5.41. The molecular formula is C18H15ClN2O. The zero-order valence-electron chi connectivity index (χ0n) is 12.1. The van der Waals surface area contributed by atoms with Crippen LogP contribution in [0.4, 0.5) is 5.69 Å². The predicted molar refractivity (Wildman–Crippen MR) is 90.4 cm³/mol. The molecule has 0 bridgehead atoms. The highest BCUT2D eigenvalue weighted by Gasteiger charge is 2.19. The first-order valence-corrected chi connectivity index (χ1v) is 7.34. The van der Waals surface area contributed by atoms with Crippen LogP contribution in [0.5, 0.6) is 0 Å². The maximum absolute atomic E-state index is 12.6. The molecule has 0 atom stereocenters. The molecule has 0 radical (unpaired) electrons. The lowest BCUT2D eigenvalue weighted by atomic mass is 10.0. The van der Waals surface area contributed by atoms with Crippen LogP contribution in [-0.4, -0.2) is 10.9 Å². The third-order valence-corrected chi connectivity index (χ3v) is 3.83. The van der Waals surface area contributed by atoms with Crippen molar-refractivity contribution in [2.24, 2.45) is 0 Å². The Morgan fingerprint density at radius 2 is 1.68 bits per heavy atom. The molecule has 0 aliphatic rings. The molecule has 3 nitrogen and oxygen atoms in total. The van der Waals surface area contributed by atoms with Gasteiger partial charge in [0.1, 0.15) is 0 Å². The third kappa shape index (κ3) is 2.76. The lowest BCUT2D eigenvalue weighted by Gasteiger charge is -2.09. The number of aromatic nitrogens is 1. The maximum atomic E-state index is 12.6. The summed E-state index contributed by atoms with van der Waals surface area (Å²) in [6, 6.07) is 16.9. The molecule has 2 aromatic carbocycles. The quantitative estimate of drug-likeness (QED) is 0.710. The first-order valence-electron chi connectivity index (χ1n) is 6.96. The van der Waals surface area contributed by atoms with Gasteiger partial charge in [0.05, 0.1) is 5.56 Å². The van der Waals surface area contributed by atoms with E-state index < -0.39 is 0 Å². The molecule has 1 heterocycles. The van der Waals surface area contributed by atoms with Gasteiger partial charge in [-0.25, -0.2) is 0 Å². The standard InChI is InChI=1S/C18H15ClN2O/c1-12-17(18(22)21-13-7-3-2-4-8-13)15(11-20-12)14-9-5-6-10-16(14)19/h2-11,20H,1H3,(H,21,22). The summed E-state index contributed by atoms with van der Waals surface area (Å²) in [4.78, 5) is 15.7. The Balaban J connectivity index is 1.99. The van der Waals surface area contributed by atoms with Gasteiger partial charge in [-0.1, -0.05) is 48.0 Å². The largest absolute Gasteiger partial charge is 0.364 e. The zero-order chi connectivity index (χ0) is 15.5. The molecule has 22 heavy (non-hydrogen) atoms. The number of hydrogen-bond acceptors (Lipinski definition) is 1. The predicted octanol–water partition coefficient (Wildman–Crippen LogP) is 4.90. The van der Waals surface area contributed by atoms with Crippen LogP contribution < -0.4 is 5.32 Å². The van der Waals surface area contributed by atoms with Gasteiger partial charge in [-0.15, -0.1) is 0 Å². The average molecular weight is 311 g/mol. The Labute approximate surface area is 133 Å². The molecule has 4 heteroatoms. The molecule has 0 unspecified atom stereocenters. The summed E-state index contributed by atoms with van der Waals surface area (Å²) in [5.41, 5.74) is 3.82. The number of para-hydroxylation sites is 1. The number of H-pyrrole nitrogens is 1. The summed E-state index contributed by atoms with van der Waals surface area (Å²) in [6.45, 7) is 1.88. The summed E-state index contributed by atoms with van der Waals surface area (Å²) in [6.07, 6.45) is 1.82. The molecule has 110 valence electrons. The second-order valence-electron chi connectivity index (χ2n) is 5.00. The number of carbonyl (C=O) groups excluding carboxylic acids is 1. The number of carbonyl (C=O) groups is 1. The van der Waals surface area contributed by atoms with Crippen molar-refractivity contribution in [1.29, 1.82) is 0 Å². The number of amides is 1. The van der Waals surface area contributed by atoms with E-state index in [1.807, 2.05) is 67.7 Å². The van der Waals surface area contributed by atoms with Crippen LogP contribution in [0.3, 0.4) is 0 Å². The SMILES string of the molecule is Cc1[nH]cc(-c2ccccc2Cl)c1C(=O)Nc1ccccc1. The van der Waals surface area contributed by atoms with Crippen molar-refractivity contribution in [1.82, 2.24) is 4.98 Å². The summed E-state index contributed by atoms with van der Waals surface area (Å²) in [5.74, 6) is -0.153. The Morgan fingerprint density at radius 3 is 2.41 bits per heavy atom. The number of aromatic amines is 1. The number of nitrogens with one attached hydrogen (secondary N) is 2. The fourth-order valence-corrected chi connectivity index (χ4v) is 2.66. The van der Waals surface area contributed by atoms with Crippen LogP contribution in [0.2, 0.25) is 5.02 Å². The van der Waals surface area contributed by atoms with Crippen molar-refractivity contribution in [3.05, 3.63) is 77.1 Å². The van der Waals surface area contributed by atoms with Crippen molar-refractivity contribution >= 4 is 23.2 Å². The first-order chi connectivity index (χ1) is 10.7. The van der Waals surface area contributed by atoms with E-state index in [0.717, 1.165) is 22.5 Å². The van der Waals surface area contributed by atoms with E-state index in [9.17, 15) is 4.79 Å². The molecule has 0 spiro atoms. The van der Waals surface area contributed by atoms with Crippen LogP contribution in [-0.2, 0) is 0 Å². The third-order valence-electron chi connectivity index (χ3n) is 3.50. The molecule has 0 saturated carbocycles. The minimum atomic E-state index is -0.153. The van der Waals surface area contributed by atoms with Crippen LogP contribution in [0.1, 0.15) is 16.1 Å². The fourth-order valence-electron chi connectivity index (χ4n) is 2.43. The van der Waals surface area contributed by atoms with Gasteiger partial charge < -0.3 is 10.3 Å². The molecule has 1 amide bonds. The van der Waals surface area contributed by atoms with Gasteiger partial charge >= 0.3 is 0 Å². The molecule has 0 fully saturated rings. The Bertz CT molecular complexity index is 809. The van der Waals surface area contributed by atoms with Crippen LogP contribution in [0.25, 0.3) is 11.1 Å². The normalized spacial score (nSPS) is 10.5. The van der Waals surface area contributed by atoms with E-state index in [1.165, 1.54) is 0 Å². The van der Waals surface area contributed by atoms with E-state index >= 15 is 0 Å². The van der Waals surface area contributed by atoms with Gasteiger partial charge in [0.2, 0.25) is 0 Å². The molecular weight excluding hydrogens is 296 g/mol. The van der Waals surface area contributed by atoms with Gasteiger partial charge in [0.25, 0.3) is 5.91 Å². The van der Waals surface area contributed by atoms with Crippen LogP contribution in [0, 0.1) is 6.92 Å². The molecule has 3 aromatic rings.